The normalized spacial score (nSPS) is 34.4. The van der Waals surface area contributed by atoms with Gasteiger partial charge in [-0.2, -0.15) is 0 Å². The summed E-state index contributed by atoms with van der Waals surface area (Å²) < 4.78 is 2.28. The van der Waals surface area contributed by atoms with Crippen molar-refractivity contribution >= 4 is 32.8 Å². The van der Waals surface area contributed by atoms with Crippen LogP contribution in [0.2, 0.25) is 0 Å². The summed E-state index contributed by atoms with van der Waals surface area (Å²) in [5.41, 5.74) is -0.00739. The van der Waals surface area contributed by atoms with Crippen molar-refractivity contribution in [3.63, 3.8) is 0 Å². The summed E-state index contributed by atoms with van der Waals surface area (Å²) in [6, 6.07) is 0. The Hall–Kier alpha value is 0.960. The van der Waals surface area contributed by atoms with Gasteiger partial charge in [0.25, 0.3) is 15.5 Å². The van der Waals surface area contributed by atoms with E-state index in [1.807, 2.05) is 0 Å². The summed E-state index contributed by atoms with van der Waals surface area (Å²) in [7, 11) is 0. The molecule has 1 saturated heterocycles. The Bertz CT molecular complexity index is 136. The molecule has 0 saturated carbocycles. The summed E-state index contributed by atoms with van der Waals surface area (Å²) in [6.45, 7) is 5.57. The van der Waals surface area contributed by atoms with Crippen LogP contribution in [0, 0.1) is 0 Å². The number of rotatable bonds is 1. The van der Waals surface area contributed by atoms with E-state index in [2.05, 4.69) is 34.0 Å². The zero-order valence-corrected chi connectivity index (χ0v) is 8.18. The Morgan fingerprint density at radius 1 is 1.75 bits per heavy atom. The van der Waals surface area contributed by atoms with Crippen LogP contribution in [0.5, 0.6) is 0 Å². The lowest BCUT2D eigenvalue weighted by Crippen LogP contribution is -1.99. The van der Waals surface area contributed by atoms with E-state index in [4.69, 9.17) is 11.8 Å². The lowest BCUT2D eigenvalue weighted by molar-refractivity contribution is 0.661. The van der Waals surface area contributed by atoms with E-state index >= 15 is 0 Å². The topological polar surface area (TPSA) is 3.01 Å². The van der Waals surface area contributed by atoms with Crippen LogP contribution in [0.25, 0.3) is 0 Å². The maximum atomic E-state index is 5.02. The lowest BCUT2D eigenvalue weighted by Gasteiger charge is -1.89. The molecule has 2 atom stereocenters. The van der Waals surface area contributed by atoms with Crippen molar-refractivity contribution in [2.75, 3.05) is 6.54 Å². The van der Waals surface area contributed by atoms with Crippen molar-refractivity contribution < 1.29 is 0 Å². The number of hydrogen-bond donors (Lipinski definition) is 0. The number of hydrogen-bond acceptors (Lipinski definition) is 1. The van der Waals surface area contributed by atoms with Gasteiger partial charge in [0.05, 0.1) is 12.1 Å². The van der Waals surface area contributed by atoms with E-state index in [0.717, 1.165) is 6.54 Å². The van der Waals surface area contributed by atoms with Crippen molar-refractivity contribution in [2.45, 2.75) is 19.4 Å². The summed E-state index contributed by atoms with van der Waals surface area (Å²) >= 11 is 8.40. The second kappa shape index (κ2) is 1.98. The standard InChI is InChI=1S/C4H8BrNPS/c1-4(2)3-6(4)7(5)8/h3H2,1-2H3/q+1. The summed E-state index contributed by atoms with van der Waals surface area (Å²) in [5.74, 6) is 0. The summed E-state index contributed by atoms with van der Waals surface area (Å²) in [5, 5.41) is 0. The molecule has 4 heteroatoms. The average molecular weight is 213 g/mol. The van der Waals surface area contributed by atoms with E-state index in [1.54, 1.807) is 0 Å². The van der Waals surface area contributed by atoms with Crippen molar-refractivity contribution in [3.05, 3.63) is 0 Å². The fraction of sp³-hybridized carbons (Fsp3) is 1.00. The zero-order valence-electron chi connectivity index (χ0n) is 4.89. The van der Waals surface area contributed by atoms with E-state index in [9.17, 15) is 0 Å². The van der Waals surface area contributed by atoms with Crippen molar-refractivity contribution in [1.29, 1.82) is 0 Å². The van der Waals surface area contributed by atoms with Crippen LogP contribution in [-0.4, -0.2) is 16.8 Å². The molecular formula is C4H8BrNPS+. The predicted octanol–water partition coefficient (Wildman–Crippen LogP) is 2.25. The quantitative estimate of drug-likeness (QED) is 0.485. The molecular weight excluding hydrogens is 205 g/mol. The smallest absolute Gasteiger partial charge is 0.102 e. The SMILES string of the molecule is CC1(C)CN1[P+](=S)Br. The molecule has 0 N–H and O–H groups in total. The van der Waals surface area contributed by atoms with Crippen LogP contribution in [0.1, 0.15) is 13.8 Å². The summed E-state index contributed by atoms with van der Waals surface area (Å²) in [6.07, 6.45) is 0. The molecule has 0 bridgehead atoms. The van der Waals surface area contributed by atoms with E-state index < -0.39 is 5.55 Å². The van der Waals surface area contributed by atoms with Crippen molar-refractivity contribution in [2.24, 2.45) is 0 Å². The molecule has 0 spiro atoms. The number of nitrogens with zero attached hydrogens (tertiary/aromatic N) is 1. The first kappa shape index (κ1) is 7.07. The van der Waals surface area contributed by atoms with Gasteiger partial charge in [0.1, 0.15) is 0 Å². The lowest BCUT2D eigenvalue weighted by atomic mass is 10.3. The molecule has 0 radical (unpaired) electrons. The predicted molar refractivity (Wildman–Crippen MR) is 44.0 cm³/mol. The van der Waals surface area contributed by atoms with Gasteiger partial charge in [0.15, 0.2) is 11.8 Å². The Balaban J connectivity index is 2.48. The largest absolute Gasteiger partial charge is 0.348 e. The Labute approximate surface area is 63.7 Å². The average Bonchev–Trinajstić information content (AvgIpc) is 2.13. The first-order valence-electron chi connectivity index (χ1n) is 2.44. The molecule has 0 aromatic carbocycles. The minimum absolute atomic E-state index is 0.400. The van der Waals surface area contributed by atoms with Crippen LogP contribution >= 0.6 is 21.0 Å². The van der Waals surface area contributed by atoms with E-state index in [-0.39, 0.29) is 0 Å². The monoisotopic (exact) mass is 212 g/mol. The van der Waals surface area contributed by atoms with Crippen molar-refractivity contribution in [1.82, 2.24) is 4.67 Å². The zero-order chi connectivity index (χ0) is 6.36. The third kappa shape index (κ3) is 1.27. The highest BCUT2D eigenvalue weighted by molar-refractivity contribution is 9.40. The Kier molecular flexibility index (Phi) is 1.75. The fourth-order valence-corrected chi connectivity index (χ4v) is 3.94. The van der Waals surface area contributed by atoms with Gasteiger partial charge in [-0.15, -0.1) is 4.67 Å². The maximum Gasteiger partial charge on any atom is 0.348 e. The molecule has 0 amide bonds. The van der Waals surface area contributed by atoms with Gasteiger partial charge in [-0.3, -0.25) is 0 Å². The summed E-state index contributed by atoms with van der Waals surface area (Å²) in [4.78, 5) is 0. The highest BCUT2D eigenvalue weighted by Gasteiger charge is 2.53. The first-order chi connectivity index (χ1) is 3.54. The van der Waals surface area contributed by atoms with Gasteiger partial charge in [0.2, 0.25) is 0 Å². The fourth-order valence-electron chi connectivity index (χ4n) is 0.600. The maximum absolute atomic E-state index is 5.02. The first-order valence-corrected chi connectivity index (χ1v) is 6.77. The minimum Gasteiger partial charge on any atom is -0.102 e. The molecule has 0 aliphatic carbocycles. The van der Waals surface area contributed by atoms with Gasteiger partial charge in [-0.05, 0) is 13.8 Å². The molecule has 0 aromatic heterocycles. The number of halogens is 1. The van der Waals surface area contributed by atoms with Gasteiger partial charge < -0.3 is 0 Å². The van der Waals surface area contributed by atoms with E-state index in [0.29, 0.717) is 5.54 Å². The van der Waals surface area contributed by atoms with Crippen LogP contribution < -0.4 is 0 Å². The Morgan fingerprint density at radius 3 is 2.12 bits per heavy atom. The van der Waals surface area contributed by atoms with E-state index in [1.165, 1.54) is 0 Å². The van der Waals surface area contributed by atoms with Crippen LogP contribution in [0.4, 0.5) is 0 Å². The van der Waals surface area contributed by atoms with Crippen LogP contribution in [0.3, 0.4) is 0 Å². The van der Waals surface area contributed by atoms with Crippen LogP contribution in [0.15, 0.2) is 0 Å². The molecule has 1 aliphatic heterocycles. The van der Waals surface area contributed by atoms with Crippen LogP contribution in [-0.2, 0) is 11.8 Å². The molecule has 1 rings (SSSR count). The third-order valence-electron chi connectivity index (χ3n) is 1.32. The second-order valence-corrected chi connectivity index (χ2v) is 7.99. The van der Waals surface area contributed by atoms with Gasteiger partial charge >= 0.3 is 5.55 Å². The second-order valence-electron chi connectivity index (χ2n) is 2.60. The van der Waals surface area contributed by atoms with Gasteiger partial charge in [-0.1, -0.05) is 0 Å². The van der Waals surface area contributed by atoms with Crippen molar-refractivity contribution in [3.8, 4) is 0 Å². The molecule has 1 heterocycles. The minimum atomic E-state index is -0.407. The molecule has 2 unspecified atom stereocenters. The van der Waals surface area contributed by atoms with Gasteiger partial charge in [-0.25, -0.2) is 0 Å². The molecule has 0 aromatic rings. The highest BCUT2D eigenvalue weighted by Crippen LogP contribution is 2.51. The Morgan fingerprint density at radius 2 is 2.12 bits per heavy atom. The molecule has 1 nitrogen and oxygen atoms in total. The molecule has 8 heavy (non-hydrogen) atoms. The molecule has 1 fully saturated rings. The molecule has 46 valence electrons. The highest BCUT2D eigenvalue weighted by atomic mass is 79.9. The molecule has 1 aliphatic rings. The third-order valence-corrected chi connectivity index (χ3v) is 4.12. The van der Waals surface area contributed by atoms with Gasteiger partial charge in [0, 0.05) is 0 Å².